The average molecular weight is 388 g/mol. The molecular weight excluding hydrogens is 376 g/mol. The summed E-state index contributed by atoms with van der Waals surface area (Å²) >= 11 is 6.91. The van der Waals surface area contributed by atoms with E-state index in [-0.39, 0.29) is 4.16 Å². The highest BCUT2D eigenvalue weighted by atomic mass is 79.9. The first-order valence-corrected chi connectivity index (χ1v) is 8.56. The number of hydrogen-bond donors (Lipinski definition) is 0. The maximum atomic E-state index is 12.3. The van der Waals surface area contributed by atoms with Crippen LogP contribution in [0.1, 0.15) is 15.3 Å². The lowest BCUT2D eigenvalue weighted by molar-refractivity contribution is 0.682. The van der Waals surface area contributed by atoms with Gasteiger partial charge in [0, 0.05) is 15.3 Å². The van der Waals surface area contributed by atoms with Gasteiger partial charge in [0.2, 0.25) is 0 Å². The molecule has 0 radical (unpaired) electrons. The van der Waals surface area contributed by atoms with Gasteiger partial charge in [-0.2, -0.15) is 0 Å². The van der Waals surface area contributed by atoms with Crippen LogP contribution in [0.2, 0.25) is 0 Å². The third kappa shape index (κ3) is 3.77. The van der Waals surface area contributed by atoms with Crippen LogP contribution in [-0.2, 0) is 16.6 Å². The normalized spacial score (nSPS) is 14.1. The summed E-state index contributed by atoms with van der Waals surface area (Å²) in [6.07, 6.45) is 0. The fourth-order valence-electron chi connectivity index (χ4n) is 1.58. The Labute approximate surface area is 126 Å². The van der Waals surface area contributed by atoms with Crippen LogP contribution in [0.25, 0.3) is 0 Å². The molecule has 2 rings (SSSR count). The van der Waals surface area contributed by atoms with Crippen LogP contribution in [0.3, 0.4) is 0 Å². The van der Waals surface area contributed by atoms with E-state index >= 15 is 0 Å². The summed E-state index contributed by atoms with van der Waals surface area (Å²) in [6.45, 7) is 0. The molecule has 18 heavy (non-hydrogen) atoms. The zero-order valence-corrected chi connectivity index (χ0v) is 13.5. The largest absolute Gasteiger partial charge is 0.258 e. The SMILES string of the molecule is O=S(Cc1ccccc1)C(Br)c1ccc(Br)cc1. The Bertz CT molecular complexity index is 525. The van der Waals surface area contributed by atoms with E-state index in [1.54, 1.807) is 0 Å². The van der Waals surface area contributed by atoms with E-state index in [0.29, 0.717) is 5.75 Å². The summed E-state index contributed by atoms with van der Waals surface area (Å²) in [5, 5.41) is 0. The van der Waals surface area contributed by atoms with Crippen LogP contribution < -0.4 is 0 Å². The number of rotatable bonds is 4. The number of alkyl halides is 1. The third-order valence-corrected chi connectivity index (χ3v) is 6.17. The molecule has 0 N–H and O–H groups in total. The highest BCUT2D eigenvalue weighted by Gasteiger charge is 2.15. The Morgan fingerprint density at radius 2 is 1.61 bits per heavy atom. The minimum atomic E-state index is -0.972. The van der Waals surface area contributed by atoms with Gasteiger partial charge in [-0.15, -0.1) is 0 Å². The van der Waals surface area contributed by atoms with E-state index in [4.69, 9.17) is 0 Å². The van der Waals surface area contributed by atoms with Crippen molar-refractivity contribution < 1.29 is 4.21 Å². The van der Waals surface area contributed by atoms with Gasteiger partial charge in [0.15, 0.2) is 0 Å². The Balaban J connectivity index is 2.07. The van der Waals surface area contributed by atoms with E-state index in [1.165, 1.54) is 0 Å². The van der Waals surface area contributed by atoms with Crippen molar-refractivity contribution in [1.82, 2.24) is 0 Å². The van der Waals surface area contributed by atoms with Gasteiger partial charge in [0.25, 0.3) is 0 Å². The highest BCUT2D eigenvalue weighted by molar-refractivity contribution is 9.11. The predicted octanol–water partition coefficient (Wildman–Crippen LogP) is 4.79. The van der Waals surface area contributed by atoms with Gasteiger partial charge < -0.3 is 0 Å². The van der Waals surface area contributed by atoms with Crippen molar-refractivity contribution in [3.63, 3.8) is 0 Å². The molecule has 0 saturated heterocycles. The van der Waals surface area contributed by atoms with Crippen LogP contribution in [0, 0.1) is 0 Å². The standard InChI is InChI=1S/C14H12Br2OS/c15-13-8-6-12(7-9-13)14(16)18(17)10-11-4-2-1-3-5-11/h1-9,14H,10H2. The van der Waals surface area contributed by atoms with E-state index < -0.39 is 10.8 Å². The van der Waals surface area contributed by atoms with Crippen molar-refractivity contribution >= 4 is 42.7 Å². The lowest BCUT2D eigenvalue weighted by Crippen LogP contribution is -2.02. The summed E-state index contributed by atoms with van der Waals surface area (Å²) in [5.41, 5.74) is 2.13. The third-order valence-electron chi connectivity index (χ3n) is 2.51. The number of halogens is 2. The summed E-state index contributed by atoms with van der Waals surface area (Å²) in [7, 11) is -0.972. The van der Waals surface area contributed by atoms with Gasteiger partial charge in [-0.3, -0.25) is 4.21 Å². The Kier molecular flexibility index (Phi) is 5.15. The Hall–Kier alpha value is -0.450. The van der Waals surface area contributed by atoms with E-state index in [2.05, 4.69) is 31.9 Å². The molecule has 0 amide bonds. The lowest BCUT2D eigenvalue weighted by Gasteiger charge is -2.10. The van der Waals surface area contributed by atoms with Crippen molar-refractivity contribution in [2.75, 3.05) is 0 Å². The topological polar surface area (TPSA) is 17.1 Å². The highest BCUT2D eigenvalue weighted by Crippen LogP contribution is 2.29. The predicted molar refractivity (Wildman–Crippen MR) is 84.1 cm³/mol. The van der Waals surface area contributed by atoms with E-state index in [0.717, 1.165) is 15.6 Å². The molecule has 94 valence electrons. The first kappa shape index (κ1) is 14.0. The molecule has 0 aromatic heterocycles. The minimum absolute atomic E-state index is 0.134. The van der Waals surface area contributed by atoms with Crippen LogP contribution in [-0.4, -0.2) is 4.21 Å². The molecule has 0 fully saturated rings. The molecule has 0 aliphatic heterocycles. The maximum absolute atomic E-state index is 12.3. The second kappa shape index (κ2) is 6.64. The first-order valence-electron chi connectivity index (χ1n) is 5.47. The quantitative estimate of drug-likeness (QED) is 0.689. The van der Waals surface area contributed by atoms with Crippen LogP contribution in [0.15, 0.2) is 59.1 Å². The molecule has 0 aliphatic carbocycles. The molecule has 2 atom stereocenters. The van der Waals surface area contributed by atoms with Crippen molar-refractivity contribution in [3.05, 3.63) is 70.2 Å². The van der Waals surface area contributed by atoms with Crippen LogP contribution in [0.5, 0.6) is 0 Å². The van der Waals surface area contributed by atoms with Crippen LogP contribution >= 0.6 is 31.9 Å². The summed E-state index contributed by atoms with van der Waals surface area (Å²) in [6, 6.07) is 17.8. The average Bonchev–Trinajstić information content (AvgIpc) is 2.40. The zero-order valence-electron chi connectivity index (χ0n) is 9.55. The first-order chi connectivity index (χ1) is 8.66. The number of benzene rings is 2. The van der Waals surface area contributed by atoms with Crippen molar-refractivity contribution in [2.45, 2.75) is 9.91 Å². The van der Waals surface area contributed by atoms with E-state index in [1.807, 2.05) is 54.6 Å². The van der Waals surface area contributed by atoms with Gasteiger partial charge in [-0.1, -0.05) is 74.3 Å². The van der Waals surface area contributed by atoms with E-state index in [9.17, 15) is 4.21 Å². The molecule has 0 aliphatic rings. The van der Waals surface area contributed by atoms with Gasteiger partial charge in [-0.05, 0) is 23.3 Å². The van der Waals surface area contributed by atoms with Crippen molar-refractivity contribution in [2.24, 2.45) is 0 Å². The summed E-state index contributed by atoms with van der Waals surface area (Å²) in [4.78, 5) is 0. The zero-order chi connectivity index (χ0) is 13.0. The molecule has 0 bridgehead atoms. The fraction of sp³-hybridized carbons (Fsp3) is 0.143. The molecule has 0 saturated carbocycles. The maximum Gasteiger partial charge on any atom is 0.115 e. The summed E-state index contributed by atoms with van der Waals surface area (Å²) < 4.78 is 13.1. The molecular formula is C14H12Br2OS. The molecule has 2 aromatic carbocycles. The molecule has 0 spiro atoms. The summed E-state index contributed by atoms with van der Waals surface area (Å²) in [5.74, 6) is 0.562. The smallest absolute Gasteiger partial charge is 0.115 e. The Morgan fingerprint density at radius 3 is 2.22 bits per heavy atom. The van der Waals surface area contributed by atoms with Gasteiger partial charge in [0.05, 0.1) is 5.75 Å². The van der Waals surface area contributed by atoms with Gasteiger partial charge in [-0.25, -0.2) is 0 Å². The molecule has 2 aromatic rings. The lowest BCUT2D eigenvalue weighted by atomic mass is 10.2. The van der Waals surface area contributed by atoms with Crippen molar-refractivity contribution in [1.29, 1.82) is 0 Å². The van der Waals surface area contributed by atoms with Crippen molar-refractivity contribution in [3.8, 4) is 0 Å². The second-order valence-electron chi connectivity index (χ2n) is 3.88. The van der Waals surface area contributed by atoms with Gasteiger partial charge in [0.1, 0.15) is 4.16 Å². The monoisotopic (exact) mass is 386 g/mol. The molecule has 4 heteroatoms. The van der Waals surface area contributed by atoms with Crippen LogP contribution in [0.4, 0.5) is 0 Å². The van der Waals surface area contributed by atoms with Gasteiger partial charge >= 0.3 is 0 Å². The molecule has 1 nitrogen and oxygen atoms in total. The minimum Gasteiger partial charge on any atom is -0.258 e. The molecule has 0 heterocycles. The Morgan fingerprint density at radius 1 is 1.00 bits per heavy atom. The number of hydrogen-bond acceptors (Lipinski definition) is 1. The fourth-order valence-corrected chi connectivity index (χ4v) is 3.67. The molecule has 2 unspecified atom stereocenters. The second-order valence-corrected chi connectivity index (χ2v) is 7.84.